The number of H-pyrrole nitrogens is 1. The molecule has 0 radical (unpaired) electrons. The lowest BCUT2D eigenvalue weighted by atomic mass is 10.3. The molecule has 2 aromatic carbocycles. The van der Waals surface area contributed by atoms with E-state index in [-0.39, 0.29) is 38.9 Å². The van der Waals surface area contributed by atoms with Crippen LogP contribution in [0.2, 0.25) is 0 Å². The van der Waals surface area contributed by atoms with E-state index in [1.165, 1.54) is 19.6 Å². The molecule has 13 heteroatoms. The topological polar surface area (TPSA) is 132 Å². The zero-order chi connectivity index (χ0) is 27.3. The molecule has 0 fully saturated rings. The van der Waals surface area contributed by atoms with E-state index in [0.29, 0.717) is 34.3 Å². The van der Waals surface area contributed by atoms with E-state index in [9.17, 15) is 13.8 Å². The number of esters is 1. The molecule has 0 aliphatic heterocycles. The summed E-state index contributed by atoms with van der Waals surface area (Å²) in [5.41, 5.74) is 1.44. The van der Waals surface area contributed by atoms with Gasteiger partial charge in [0.15, 0.2) is 11.0 Å². The van der Waals surface area contributed by atoms with Gasteiger partial charge in [-0.05, 0) is 49.4 Å². The van der Waals surface area contributed by atoms with Crippen LogP contribution in [0.5, 0.6) is 5.75 Å². The number of hydrogen-bond acceptors (Lipinski definition) is 8. The number of amides is 1. The van der Waals surface area contributed by atoms with Gasteiger partial charge in [-0.15, -0.1) is 0 Å². The minimum Gasteiger partial charge on any atom is -0.495 e. The van der Waals surface area contributed by atoms with Crippen LogP contribution in [0.25, 0.3) is 0 Å². The number of benzene rings is 2. The number of aromatic nitrogens is 2. The number of hydrogen-bond donors (Lipinski definition) is 2. The summed E-state index contributed by atoms with van der Waals surface area (Å²) < 4.78 is 37.6. The van der Waals surface area contributed by atoms with Crippen molar-refractivity contribution in [3.63, 3.8) is 0 Å². The van der Waals surface area contributed by atoms with Gasteiger partial charge in [0.25, 0.3) is 5.91 Å². The van der Waals surface area contributed by atoms with Gasteiger partial charge in [0, 0.05) is 15.8 Å². The van der Waals surface area contributed by atoms with E-state index in [1.54, 1.807) is 29.4 Å². The second-order valence-electron chi connectivity index (χ2n) is 7.58. The first kappa shape index (κ1) is 29.3. The van der Waals surface area contributed by atoms with E-state index in [1.807, 2.05) is 24.3 Å². The molecule has 11 nitrogen and oxygen atoms in total. The average Bonchev–Trinajstić information content (AvgIpc) is 3.46. The zero-order valence-electron chi connectivity index (χ0n) is 21.0. The van der Waals surface area contributed by atoms with Gasteiger partial charge in [0.05, 0.1) is 52.6 Å². The van der Waals surface area contributed by atoms with Crippen molar-refractivity contribution in [1.29, 1.82) is 0 Å². The standard InChI is InChI=1S/C25H29BrN4O7S/c1-3-37-24(31)16-36-13-12-35-11-10-30(20-7-4-18(26)5-8-20)38(33)23-14-19(6-9-22(23)34-2)29-25(32)21-15-27-17-28-21/h4-9,14-15,17H,3,10-13,16H2,1-2H3,(H,27,28)(H,29,32). The minimum absolute atomic E-state index is 0.140. The number of carbonyl (C=O) groups is 2. The molecule has 1 heterocycles. The smallest absolute Gasteiger partial charge is 0.332 e. The molecule has 0 saturated carbocycles. The highest BCUT2D eigenvalue weighted by molar-refractivity contribution is 9.10. The van der Waals surface area contributed by atoms with Crippen LogP contribution in [-0.2, 0) is 30.0 Å². The molecule has 1 amide bonds. The summed E-state index contributed by atoms with van der Waals surface area (Å²) in [4.78, 5) is 30.8. The maximum absolute atomic E-state index is 13.9. The number of nitrogens with one attached hydrogen (secondary N) is 2. The van der Waals surface area contributed by atoms with Gasteiger partial charge in [-0.1, -0.05) is 15.9 Å². The highest BCUT2D eigenvalue weighted by atomic mass is 79.9. The number of nitrogens with zero attached hydrogens (tertiary/aromatic N) is 2. The van der Waals surface area contributed by atoms with Gasteiger partial charge in [0.1, 0.15) is 22.9 Å². The minimum atomic E-state index is -1.72. The highest BCUT2D eigenvalue weighted by Crippen LogP contribution is 2.30. The van der Waals surface area contributed by atoms with Gasteiger partial charge in [-0.2, -0.15) is 0 Å². The van der Waals surface area contributed by atoms with Crippen LogP contribution in [-0.4, -0.2) is 72.7 Å². The van der Waals surface area contributed by atoms with Crippen molar-refractivity contribution in [3.8, 4) is 5.75 Å². The first-order valence-electron chi connectivity index (χ1n) is 11.7. The van der Waals surface area contributed by atoms with E-state index >= 15 is 0 Å². The van der Waals surface area contributed by atoms with Crippen molar-refractivity contribution in [2.24, 2.45) is 0 Å². The van der Waals surface area contributed by atoms with E-state index in [2.05, 4.69) is 31.2 Å². The lowest BCUT2D eigenvalue weighted by Crippen LogP contribution is -2.30. The predicted octanol–water partition coefficient (Wildman–Crippen LogP) is 3.56. The van der Waals surface area contributed by atoms with Crippen molar-refractivity contribution in [3.05, 3.63) is 65.2 Å². The summed E-state index contributed by atoms with van der Waals surface area (Å²) in [5, 5.41) is 2.77. The molecular weight excluding hydrogens is 580 g/mol. The van der Waals surface area contributed by atoms with Crippen LogP contribution in [0.15, 0.2) is 64.4 Å². The van der Waals surface area contributed by atoms with Crippen LogP contribution in [0.4, 0.5) is 11.4 Å². The van der Waals surface area contributed by atoms with Gasteiger partial charge in [-0.3, -0.25) is 9.10 Å². The maximum Gasteiger partial charge on any atom is 0.332 e. The lowest BCUT2D eigenvalue weighted by molar-refractivity contribution is -0.148. The fourth-order valence-electron chi connectivity index (χ4n) is 3.23. The maximum atomic E-state index is 13.9. The van der Waals surface area contributed by atoms with Crippen molar-refractivity contribution < 1.29 is 32.7 Å². The predicted molar refractivity (Wildman–Crippen MR) is 146 cm³/mol. The number of anilines is 2. The van der Waals surface area contributed by atoms with Crippen LogP contribution in [0, 0.1) is 0 Å². The monoisotopic (exact) mass is 608 g/mol. The van der Waals surface area contributed by atoms with Crippen LogP contribution in [0.3, 0.4) is 0 Å². The third-order valence-corrected chi connectivity index (χ3v) is 7.02. The first-order valence-corrected chi connectivity index (χ1v) is 13.6. The van der Waals surface area contributed by atoms with Crippen molar-refractivity contribution in [1.82, 2.24) is 9.97 Å². The second kappa shape index (κ2) is 15.2. The molecule has 0 saturated heterocycles. The lowest BCUT2D eigenvalue weighted by Gasteiger charge is -2.25. The molecule has 3 rings (SSSR count). The fraction of sp³-hybridized carbons (Fsp3) is 0.320. The molecule has 0 bridgehead atoms. The van der Waals surface area contributed by atoms with Crippen LogP contribution in [0.1, 0.15) is 17.4 Å². The molecule has 38 heavy (non-hydrogen) atoms. The summed E-state index contributed by atoms with van der Waals surface area (Å²) in [6.07, 6.45) is 2.82. The normalized spacial score (nSPS) is 11.6. The molecule has 0 aliphatic rings. The third-order valence-electron chi connectivity index (χ3n) is 5.00. The summed E-state index contributed by atoms with van der Waals surface area (Å²) in [7, 11) is -0.232. The number of imidazole rings is 1. The van der Waals surface area contributed by atoms with E-state index in [0.717, 1.165) is 4.47 Å². The Morgan fingerprint density at radius 1 is 1.11 bits per heavy atom. The number of methoxy groups -OCH3 is 1. The summed E-state index contributed by atoms with van der Waals surface area (Å²) >= 11 is 3.42. The molecule has 1 aromatic heterocycles. The Hall–Kier alpha value is -3.26. The largest absolute Gasteiger partial charge is 0.495 e. The van der Waals surface area contributed by atoms with Crippen molar-refractivity contribution in [2.45, 2.75) is 11.8 Å². The van der Waals surface area contributed by atoms with Crippen molar-refractivity contribution in [2.75, 3.05) is 56.3 Å². The number of carbonyl (C=O) groups excluding carboxylic acids is 2. The molecule has 3 aromatic rings. The summed E-state index contributed by atoms with van der Waals surface area (Å²) in [6, 6.07) is 12.3. The fourth-order valence-corrected chi connectivity index (χ4v) is 4.84. The quantitative estimate of drug-likeness (QED) is 0.198. The molecule has 0 spiro atoms. The highest BCUT2D eigenvalue weighted by Gasteiger charge is 2.21. The van der Waals surface area contributed by atoms with Gasteiger partial charge in [0.2, 0.25) is 0 Å². The Morgan fingerprint density at radius 3 is 2.55 bits per heavy atom. The van der Waals surface area contributed by atoms with E-state index < -0.39 is 17.0 Å². The number of ether oxygens (including phenoxy) is 4. The Bertz CT molecular complexity index is 1210. The third kappa shape index (κ3) is 8.65. The number of halogens is 1. The molecule has 2 N–H and O–H groups in total. The summed E-state index contributed by atoms with van der Waals surface area (Å²) in [5.74, 6) is -0.410. The van der Waals surface area contributed by atoms with Gasteiger partial charge < -0.3 is 29.2 Å². The second-order valence-corrected chi connectivity index (χ2v) is 9.88. The Kier molecular flexibility index (Phi) is 11.7. The summed E-state index contributed by atoms with van der Waals surface area (Å²) in [6.45, 7) is 2.87. The zero-order valence-corrected chi connectivity index (χ0v) is 23.4. The molecule has 1 atom stereocenters. The SMILES string of the molecule is CCOC(=O)COCCOCCN(c1ccc(Br)cc1)S(=O)c1cc(NC(=O)c2cnc[nH]2)ccc1OC. The molecule has 0 aliphatic carbocycles. The van der Waals surface area contributed by atoms with Gasteiger partial charge in [-0.25, -0.2) is 14.0 Å². The van der Waals surface area contributed by atoms with E-state index in [4.69, 9.17) is 18.9 Å². The molecular formula is C25H29BrN4O7S. The Balaban J connectivity index is 1.70. The number of rotatable bonds is 15. The van der Waals surface area contributed by atoms with Gasteiger partial charge >= 0.3 is 5.97 Å². The Labute approximate surface area is 231 Å². The average molecular weight is 609 g/mol. The first-order chi connectivity index (χ1) is 18.4. The van der Waals surface area contributed by atoms with Crippen LogP contribution < -0.4 is 14.4 Å². The molecule has 1 unspecified atom stereocenters. The molecule has 204 valence electrons. The Morgan fingerprint density at radius 2 is 1.87 bits per heavy atom. The van der Waals surface area contributed by atoms with Crippen LogP contribution >= 0.6 is 15.9 Å². The number of aromatic amines is 1. The van der Waals surface area contributed by atoms with Crippen molar-refractivity contribution >= 4 is 50.2 Å².